The van der Waals surface area contributed by atoms with E-state index in [2.05, 4.69) is 48.5 Å². The first-order valence-corrected chi connectivity index (χ1v) is 8.28. The Bertz CT molecular complexity index is 443. The van der Waals surface area contributed by atoms with Gasteiger partial charge < -0.3 is 5.32 Å². The fourth-order valence-electron chi connectivity index (χ4n) is 4.10. The molecule has 2 nitrogen and oxygen atoms in total. The minimum Gasteiger partial charge on any atom is -0.312 e. The molecule has 1 fully saturated rings. The van der Waals surface area contributed by atoms with Gasteiger partial charge in [0.2, 0.25) is 0 Å². The van der Waals surface area contributed by atoms with Crippen LogP contribution in [0.5, 0.6) is 0 Å². The quantitative estimate of drug-likeness (QED) is 0.888. The van der Waals surface area contributed by atoms with Gasteiger partial charge in [-0.3, -0.25) is 4.90 Å². The molecule has 3 unspecified atom stereocenters. The molecule has 110 valence electrons. The zero-order valence-corrected chi connectivity index (χ0v) is 12.9. The maximum atomic E-state index is 3.60. The molecule has 0 aromatic heterocycles. The monoisotopic (exact) mass is 272 g/mol. The zero-order valence-electron chi connectivity index (χ0n) is 12.9. The first-order valence-electron chi connectivity index (χ1n) is 8.28. The first kappa shape index (κ1) is 14.1. The molecule has 2 aliphatic rings. The topological polar surface area (TPSA) is 15.3 Å². The molecule has 1 aromatic rings. The molecule has 0 spiro atoms. The second kappa shape index (κ2) is 6.28. The number of aryl methyl sites for hydroxylation is 1. The number of rotatable bonds is 2. The van der Waals surface area contributed by atoms with Crippen LogP contribution >= 0.6 is 0 Å². The number of fused-ring (bicyclic) bond motifs is 1. The molecule has 1 aromatic carbocycles. The van der Waals surface area contributed by atoms with E-state index >= 15 is 0 Å². The Labute approximate surface area is 123 Å². The first-order chi connectivity index (χ1) is 9.79. The van der Waals surface area contributed by atoms with Gasteiger partial charge >= 0.3 is 0 Å². The third-order valence-corrected chi connectivity index (χ3v) is 5.32. The number of benzene rings is 1. The highest BCUT2D eigenvalue weighted by Crippen LogP contribution is 2.34. The fourth-order valence-corrected chi connectivity index (χ4v) is 4.10. The maximum absolute atomic E-state index is 3.60. The van der Waals surface area contributed by atoms with Crippen molar-refractivity contribution in [3.8, 4) is 0 Å². The minimum atomic E-state index is 0.508. The van der Waals surface area contributed by atoms with Crippen LogP contribution in [0.15, 0.2) is 24.3 Å². The van der Waals surface area contributed by atoms with Crippen molar-refractivity contribution in [3.63, 3.8) is 0 Å². The van der Waals surface area contributed by atoms with Crippen LogP contribution in [0.4, 0.5) is 0 Å². The Balaban J connectivity index is 1.80. The summed E-state index contributed by atoms with van der Waals surface area (Å²) in [5.74, 6) is 0.906. The zero-order chi connectivity index (χ0) is 13.9. The molecule has 0 bridgehead atoms. The average molecular weight is 272 g/mol. The largest absolute Gasteiger partial charge is 0.312 e. The summed E-state index contributed by atoms with van der Waals surface area (Å²) in [4.78, 5) is 2.76. The Kier molecular flexibility index (Phi) is 4.42. The lowest BCUT2D eigenvalue weighted by molar-refractivity contribution is 0.147. The molecule has 1 N–H and O–H groups in total. The summed E-state index contributed by atoms with van der Waals surface area (Å²) in [5.41, 5.74) is 3.08. The normalized spacial score (nSPS) is 31.6. The van der Waals surface area contributed by atoms with Gasteiger partial charge in [0.05, 0.1) is 0 Å². The van der Waals surface area contributed by atoms with Gasteiger partial charge in [0.25, 0.3) is 0 Å². The van der Waals surface area contributed by atoms with Crippen molar-refractivity contribution in [1.29, 1.82) is 0 Å². The van der Waals surface area contributed by atoms with Crippen LogP contribution in [0.25, 0.3) is 0 Å². The van der Waals surface area contributed by atoms with Crippen LogP contribution in [0.2, 0.25) is 0 Å². The number of hydrogen-bond donors (Lipinski definition) is 1. The summed E-state index contributed by atoms with van der Waals surface area (Å²) in [6, 6.07) is 10.2. The second-order valence-electron chi connectivity index (χ2n) is 6.64. The van der Waals surface area contributed by atoms with E-state index in [4.69, 9.17) is 0 Å². The fraction of sp³-hybridized carbons (Fsp3) is 0.667. The van der Waals surface area contributed by atoms with E-state index in [0.29, 0.717) is 12.1 Å². The summed E-state index contributed by atoms with van der Waals surface area (Å²) < 4.78 is 0. The maximum Gasteiger partial charge on any atom is 0.0478 e. The van der Waals surface area contributed by atoms with E-state index < -0.39 is 0 Å². The summed E-state index contributed by atoms with van der Waals surface area (Å²) >= 11 is 0. The number of likely N-dealkylation sites (N-methyl/N-ethyl adjacent to an activating group) is 1. The number of nitrogens with one attached hydrogen (secondary N) is 1. The molecule has 0 radical (unpaired) electrons. The number of nitrogens with zero attached hydrogens (tertiary/aromatic N) is 1. The van der Waals surface area contributed by atoms with E-state index in [1.54, 1.807) is 5.56 Å². The minimum absolute atomic E-state index is 0.508. The third-order valence-electron chi connectivity index (χ3n) is 5.32. The summed E-state index contributed by atoms with van der Waals surface area (Å²) in [7, 11) is 2.13. The van der Waals surface area contributed by atoms with Crippen molar-refractivity contribution in [3.05, 3.63) is 35.4 Å². The molecule has 3 atom stereocenters. The van der Waals surface area contributed by atoms with Crippen molar-refractivity contribution in [2.75, 3.05) is 20.1 Å². The molecule has 0 saturated carbocycles. The lowest BCUT2D eigenvalue weighted by atomic mass is 9.83. The van der Waals surface area contributed by atoms with Crippen LogP contribution in [0.1, 0.15) is 49.8 Å². The van der Waals surface area contributed by atoms with E-state index in [-0.39, 0.29) is 0 Å². The molecule has 20 heavy (non-hydrogen) atoms. The highest BCUT2D eigenvalue weighted by atomic mass is 15.2. The Morgan fingerprint density at radius 3 is 2.80 bits per heavy atom. The lowest BCUT2D eigenvalue weighted by Crippen LogP contribution is -2.46. The van der Waals surface area contributed by atoms with Gasteiger partial charge in [-0.25, -0.2) is 0 Å². The average Bonchev–Trinajstić information content (AvgIpc) is 2.70. The van der Waals surface area contributed by atoms with Gasteiger partial charge in [-0.1, -0.05) is 31.2 Å². The van der Waals surface area contributed by atoms with Crippen molar-refractivity contribution < 1.29 is 0 Å². The SMILES string of the molecule is CNC1c2ccccc2CCC1N1CCCC(C)CC1. The lowest BCUT2D eigenvalue weighted by Gasteiger charge is -2.40. The van der Waals surface area contributed by atoms with Gasteiger partial charge in [-0.2, -0.15) is 0 Å². The van der Waals surface area contributed by atoms with E-state index in [0.717, 1.165) is 5.92 Å². The van der Waals surface area contributed by atoms with E-state index in [1.807, 2.05) is 0 Å². The number of likely N-dealkylation sites (tertiary alicyclic amines) is 1. The standard InChI is InChI=1S/C18H28N2/c1-14-6-5-12-20(13-11-14)17-10-9-15-7-3-4-8-16(15)18(17)19-2/h3-4,7-8,14,17-19H,5-6,9-13H2,1-2H3. The van der Waals surface area contributed by atoms with Gasteiger partial charge in [-0.05, 0) is 69.3 Å². The van der Waals surface area contributed by atoms with E-state index in [9.17, 15) is 0 Å². The molecule has 0 amide bonds. The van der Waals surface area contributed by atoms with Gasteiger partial charge in [-0.15, -0.1) is 0 Å². The van der Waals surface area contributed by atoms with Crippen LogP contribution in [-0.2, 0) is 6.42 Å². The summed E-state index contributed by atoms with van der Waals surface area (Å²) in [6.07, 6.45) is 6.69. The Hall–Kier alpha value is -0.860. The predicted molar refractivity (Wildman–Crippen MR) is 84.9 cm³/mol. The van der Waals surface area contributed by atoms with Crippen molar-refractivity contribution in [2.45, 2.75) is 51.1 Å². The molecular formula is C18H28N2. The highest BCUT2D eigenvalue weighted by molar-refractivity contribution is 5.34. The van der Waals surface area contributed by atoms with Crippen molar-refractivity contribution >= 4 is 0 Å². The molecule has 3 rings (SSSR count). The van der Waals surface area contributed by atoms with Crippen LogP contribution < -0.4 is 5.32 Å². The number of hydrogen-bond acceptors (Lipinski definition) is 2. The van der Waals surface area contributed by atoms with Gasteiger partial charge in [0.1, 0.15) is 0 Å². The smallest absolute Gasteiger partial charge is 0.0478 e. The summed E-state index contributed by atoms with van der Waals surface area (Å²) in [5, 5.41) is 3.60. The molecule has 1 heterocycles. The Morgan fingerprint density at radius 2 is 1.95 bits per heavy atom. The second-order valence-corrected chi connectivity index (χ2v) is 6.64. The Morgan fingerprint density at radius 1 is 1.10 bits per heavy atom. The molecule has 1 aliphatic heterocycles. The highest BCUT2D eigenvalue weighted by Gasteiger charge is 2.32. The molecule has 1 saturated heterocycles. The third kappa shape index (κ3) is 2.77. The van der Waals surface area contributed by atoms with E-state index in [1.165, 1.54) is 50.8 Å². The van der Waals surface area contributed by atoms with Crippen LogP contribution in [0, 0.1) is 5.92 Å². The van der Waals surface area contributed by atoms with Crippen molar-refractivity contribution in [1.82, 2.24) is 10.2 Å². The molecule has 2 heteroatoms. The van der Waals surface area contributed by atoms with Crippen LogP contribution in [0.3, 0.4) is 0 Å². The van der Waals surface area contributed by atoms with Crippen molar-refractivity contribution in [2.24, 2.45) is 5.92 Å². The molecular weight excluding hydrogens is 244 g/mol. The predicted octanol–water partition coefficient (Wildman–Crippen LogP) is 3.38. The summed E-state index contributed by atoms with van der Waals surface area (Å²) in [6.45, 7) is 4.98. The van der Waals surface area contributed by atoms with Gasteiger partial charge in [0, 0.05) is 12.1 Å². The van der Waals surface area contributed by atoms with Gasteiger partial charge in [0.15, 0.2) is 0 Å². The molecule has 1 aliphatic carbocycles. The van der Waals surface area contributed by atoms with Crippen LogP contribution in [-0.4, -0.2) is 31.1 Å².